The molecule has 0 unspecified atom stereocenters. The first-order chi connectivity index (χ1) is 24.8. The van der Waals surface area contributed by atoms with Gasteiger partial charge in [-0.15, -0.1) is 0 Å². The Morgan fingerprint density at radius 1 is 0.360 bits per heavy atom. The molecule has 0 bridgehead atoms. The zero-order valence-electron chi connectivity index (χ0n) is 27.4. The van der Waals surface area contributed by atoms with Gasteiger partial charge in [0.2, 0.25) is 0 Å². The van der Waals surface area contributed by atoms with Crippen LogP contribution in [0.2, 0.25) is 0 Å². The first-order valence-corrected chi connectivity index (χ1v) is 17.0. The van der Waals surface area contributed by atoms with Crippen LogP contribution in [0.25, 0.3) is 54.9 Å². The first kappa shape index (κ1) is 29.6. The molecule has 0 amide bonds. The summed E-state index contributed by atoms with van der Waals surface area (Å²) in [6.45, 7) is 0.548. The van der Waals surface area contributed by atoms with Crippen LogP contribution in [0.15, 0.2) is 198 Å². The predicted molar refractivity (Wildman–Crippen MR) is 211 cm³/mol. The molecule has 9 rings (SSSR count). The minimum Gasteiger partial charge on any atom is -0.257 e. The van der Waals surface area contributed by atoms with Crippen LogP contribution < -0.4 is 5.01 Å². The van der Waals surface area contributed by atoms with Gasteiger partial charge in [-0.1, -0.05) is 170 Å². The summed E-state index contributed by atoms with van der Waals surface area (Å²) in [5.74, 6) is 0.700. The minimum absolute atomic E-state index is 0.548. The van der Waals surface area contributed by atoms with Crippen molar-refractivity contribution in [1.82, 2.24) is 0 Å². The zero-order valence-corrected chi connectivity index (χ0v) is 27.4. The SMILES string of the molecule is c1ccc(C2=NN(c3cccc(-c4ccccc4)c3)CC(c3cccc(-c4c5ccccc5c(-c5ccccc5)c5ccccc45)c3)=N2)cc1. The van der Waals surface area contributed by atoms with E-state index in [1.807, 2.05) is 18.2 Å². The zero-order chi connectivity index (χ0) is 33.3. The Morgan fingerprint density at radius 3 is 1.44 bits per heavy atom. The summed E-state index contributed by atoms with van der Waals surface area (Å²) in [7, 11) is 0. The molecule has 0 saturated carbocycles. The smallest absolute Gasteiger partial charge is 0.179 e. The summed E-state index contributed by atoms with van der Waals surface area (Å²) in [6, 6.07) is 66.6. The van der Waals surface area contributed by atoms with E-state index in [9.17, 15) is 0 Å². The van der Waals surface area contributed by atoms with Crippen LogP contribution in [0.4, 0.5) is 5.69 Å². The molecule has 0 spiro atoms. The van der Waals surface area contributed by atoms with E-state index >= 15 is 0 Å². The van der Waals surface area contributed by atoms with Crippen molar-refractivity contribution in [2.24, 2.45) is 10.1 Å². The molecule has 1 heterocycles. The van der Waals surface area contributed by atoms with Crippen LogP contribution >= 0.6 is 0 Å². The Hall–Kier alpha value is -6.58. The normalized spacial score (nSPS) is 12.9. The molecule has 0 aromatic heterocycles. The Balaban J connectivity index is 1.19. The second-order valence-corrected chi connectivity index (χ2v) is 12.6. The van der Waals surface area contributed by atoms with Gasteiger partial charge < -0.3 is 0 Å². The molecule has 50 heavy (non-hydrogen) atoms. The highest BCUT2D eigenvalue weighted by Crippen LogP contribution is 2.43. The monoisotopic (exact) mass is 639 g/mol. The summed E-state index contributed by atoms with van der Waals surface area (Å²) in [4.78, 5) is 5.22. The highest BCUT2D eigenvalue weighted by molar-refractivity contribution is 6.22. The molecular weight excluding hydrogens is 607 g/mol. The lowest BCUT2D eigenvalue weighted by Gasteiger charge is -2.26. The van der Waals surface area contributed by atoms with Gasteiger partial charge in [-0.05, 0) is 78.7 Å². The topological polar surface area (TPSA) is 28.0 Å². The van der Waals surface area contributed by atoms with Gasteiger partial charge in [-0.25, -0.2) is 4.99 Å². The van der Waals surface area contributed by atoms with Crippen molar-refractivity contribution in [3.05, 3.63) is 199 Å². The minimum atomic E-state index is 0.548. The maximum Gasteiger partial charge on any atom is 0.179 e. The molecule has 0 saturated heterocycles. The molecule has 236 valence electrons. The number of rotatable bonds is 6. The summed E-state index contributed by atoms with van der Waals surface area (Å²) >= 11 is 0. The van der Waals surface area contributed by atoms with Gasteiger partial charge in [0, 0.05) is 5.56 Å². The van der Waals surface area contributed by atoms with Crippen LogP contribution in [0.1, 0.15) is 11.1 Å². The molecule has 0 aliphatic carbocycles. The van der Waals surface area contributed by atoms with Crippen molar-refractivity contribution in [1.29, 1.82) is 0 Å². The van der Waals surface area contributed by atoms with Crippen molar-refractivity contribution in [3.63, 3.8) is 0 Å². The number of benzene rings is 8. The van der Waals surface area contributed by atoms with E-state index in [1.165, 1.54) is 49.4 Å². The van der Waals surface area contributed by atoms with E-state index in [1.54, 1.807) is 0 Å². The highest BCUT2D eigenvalue weighted by atomic mass is 15.5. The molecule has 0 atom stereocenters. The van der Waals surface area contributed by atoms with Crippen molar-refractivity contribution in [3.8, 4) is 33.4 Å². The molecule has 1 aliphatic rings. The highest BCUT2D eigenvalue weighted by Gasteiger charge is 2.22. The number of hydrazone groups is 1. The Morgan fingerprint density at radius 2 is 0.820 bits per heavy atom. The summed E-state index contributed by atoms with van der Waals surface area (Å²) < 4.78 is 0. The third kappa shape index (κ3) is 5.45. The average Bonchev–Trinajstić information content (AvgIpc) is 3.21. The number of amidine groups is 1. The van der Waals surface area contributed by atoms with Crippen LogP contribution in [0.3, 0.4) is 0 Å². The first-order valence-electron chi connectivity index (χ1n) is 17.0. The third-order valence-electron chi connectivity index (χ3n) is 9.52. The van der Waals surface area contributed by atoms with Crippen molar-refractivity contribution < 1.29 is 0 Å². The lowest BCUT2D eigenvalue weighted by molar-refractivity contribution is 0.943. The van der Waals surface area contributed by atoms with Crippen molar-refractivity contribution in [2.45, 2.75) is 0 Å². The van der Waals surface area contributed by atoms with E-state index < -0.39 is 0 Å². The Bertz CT molecular complexity index is 2500. The van der Waals surface area contributed by atoms with Crippen LogP contribution in [-0.4, -0.2) is 18.1 Å². The maximum absolute atomic E-state index is 5.22. The number of fused-ring (bicyclic) bond motifs is 2. The third-order valence-corrected chi connectivity index (χ3v) is 9.52. The molecule has 0 fully saturated rings. The quantitative estimate of drug-likeness (QED) is 0.166. The second-order valence-electron chi connectivity index (χ2n) is 12.6. The van der Waals surface area contributed by atoms with Crippen LogP contribution in [0, 0.1) is 0 Å². The van der Waals surface area contributed by atoms with E-state index in [0.29, 0.717) is 12.4 Å². The predicted octanol–water partition coefficient (Wildman–Crippen LogP) is 11.7. The molecule has 3 heteroatoms. The number of hydrogen-bond donors (Lipinski definition) is 0. The molecule has 0 radical (unpaired) electrons. The van der Waals surface area contributed by atoms with Gasteiger partial charge in [0.05, 0.1) is 17.9 Å². The van der Waals surface area contributed by atoms with Gasteiger partial charge in [0.25, 0.3) is 0 Å². The number of hydrogen-bond acceptors (Lipinski definition) is 3. The van der Waals surface area contributed by atoms with Crippen molar-refractivity contribution in [2.75, 3.05) is 11.6 Å². The second kappa shape index (κ2) is 12.8. The van der Waals surface area contributed by atoms with Crippen LogP contribution in [-0.2, 0) is 0 Å². The Labute approximate surface area is 292 Å². The van der Waals surface area contributed by atoms with E-state index in [0.717, 1.165) is 28.1 Å². The average molecular weight is 640 g/mol. The van der Waals surface area contributed by atoms with E-state index in [4.69, 9.17) is 10.1 Å². The fourth-order valence-corrected chi connectivity index (χ4v) is 7.18. The number of aliphatic imine (C=N–C) groups is 1. The lowest BCUT2D eigenvalue weighted by Crippen LogP contribution is -2.31. The van der Waals surface area contributed by atoms with Gasteiger partial charge in [-0.2, -0.15) is 5.10 Å². The largest absolute Gasteiger partial charge is 0.257 e. The maximum atomic E-state index is 5.22. The van der Waals surface area contributed by atoms with Gasteiger partial charge in [-0.3, -0.25) is 5.01 Å². The van der Waals surface area contributed by atoms with E-state index in [2.05, 4.69) is 175 Å². The van der Waals surface area contributed by atoms with Gasteiger partial charge in [0.15, 0.2) is 5.84 Å². The molecule has 0 N–H and O–H groups in total. The summed E-state index contributed by atoms with van der Waals surface area (Å²) in [5, 5.41) is 12.1. The fourth-order valence-electron chi connectivity index (χ4n) is 7.18. The van der Waals surface area contributed by atoms with Crippen LogP contribution in [0.5, 0.6) is 0 Å². The van der Waals surface area contributed by atoms with E-state index in [-0.39, 0.29) is 0 Å². The Kier molecular flexibility index (Phi) is 7.56. The lowest BCUT2D eigenvalue weighted by atomic mass is 9.85. The summed E-state index contributed by atoms with van der Waals surface area (Å²) in [6.07, 6.45) is 0. The van der Waals surface area contributed by atoms with Gasteiger partial charge >= 0.3 is 0 Å². The number of nitrogens with zero attached hydrogens (tertiary/aromatic N) is 3. The molecule has 8 aromatic rings. The summed E-state index contributed by atoms with van der Waals surface area (Å²) in [5.41, 5.74) is 11.3. The van der Waals surface area contributed by atoms with Crippen molar-refractivity contribution >= 4 is 38.8 Å². The molecule has 8 aromatic carbocycles. The fraction of sp³-hybridized carbons (Fsp3) is 0.0213. The molecular formula is C47H33N3. The standard InChI is InChI=1S/C47H33N3/c1-4-16-33(17-5-1)36-22-15-25-39(31-36)50-32-44(48-47(49-50)35-20-8-3-9-21-35)37-23-14-24-38(30-37)46-42-28-12-10-26-40(42)45(34-18-6-2-7-19-34)41-27-11-13-29-43(41)46/h1-31H,32H2. The molecule has 1 aliphatic heterocycles. The number of anilines is 1. The van der Waals surface area contributed by atoms with Gasteiger partial charge in [0.1, 0.15) is 0 Å². The molecule has 3 nitrogen and oxygen atoms in total.